The Morgan fingerprint density at radius 3 is 2.23 bits per heavy atom. The average molecular weight is 300 g/mol. The Kier molecular flexibility index (Phi) is 6.26. The van der Waals surface area contributed by atoms with E-state index in [2.05, 4.69) is 13.8 Å². The van der Waals surface area contributed by atoms with E-state index < -0.39 is 0 Å². The van der Waals surface area contributed by atoms with E-state index in [1.54, 1.807) is 0 Å². The van der Waals surface area contributed by atoms with Crippen molar-refractivity contribution in [1.82, 2.24) is 0 Å². The van der Waals surface area contributed by atoms with E-state index in [0.29, 0.717) is 30.3 Å². The van der Waals surface area contributed by atoms with Crippen LogP contribution in [0.1, 0.15) is 49.9 Å². The topological polar surface area (TPSA) is 35.5 Å². The van der Waals surface area contributed by atoms with Crippen molar-refractivity contribution in [1.29, 1.82) is 0 Å². The summed E-state index contributed by atoms with van der Waals surface area (Å²) in [6.07, 6.45) is 4.90. The van der Waals surface area contributed by atoms with Gasteiger partial charge in [-0.2, -0.15) is 0 Å². The number of hydrogen-bond acceptors (Lipinski definition) is 3. The van der Waals surface area contributed by atoms with Crippen molar-refractivity contribution in [3.63, 3.8) is 0 Å². The Bertz CT molecular complexity index is 619. The minimum absolute atomic E-state index is 0.557. The Morgan fingerprint density at radius 1 is 0.955 bits per heavy atom. The standard InChI is InChI=1S/C19H24O3/c1-3-5-11-21-18-16(14-20)13-15-9-7-8-10-17(15)19(18)22-12-6-4-2/h7-10,13-14H,3-6,11-12H2,1-2H3. The predicted molar refractivity (Wildman–Crippen MR) is 90.1 cm³/mol. The lowest BCUT2D eigenvalue weighted by Crippen LogP contribution is -2.05. The molecule has 0 aromatic heterocycles. The number of rotatable bonds is 9. The number of aldehydes is 1. The Labute approximate surface area is 132 Å². The second kappa shape index (κ2) is 8.42. The van der Waals surface area contributed by atoms with E-state index in [4.69, 9.17) is 9.47 Å². The van der Waals surface area contributed by atoms with Crippen molar-refractivity contribution in [2.24, 2.45) is 0 Å². The lowest BCUT2D eigenvalue weighted by Gasteiger charge is -2.17. The minimum atomic E-state index is 0.557. The summed E-state index contributed by atoms with van der Waals surface area (Å²) in [6.45, 7) is 5.47. The predicted octanol–water partition coefficient (Wildman–Crippen LogP) is 5.01. The van der Waals surface area contributed by atoms with Gasteiger partial charge in [0.2, 0.25) is 0 Å². The fraction of sp³-hybridized carbons (Fsp3) is 0.421. The number of carbonyl (C=O) groups is 1. The first-order valence-electron chi connectivity index (χ1n) is 8.08. The molecule has 0 saturated heterocycles. The molecule has 2 rings (SSSR count). The van der Waals surface area contributed by atoms with Crippen LogP contribution < -0.4 is 9.47 Å². The second-order valence-electron chi connectivity index (χ2n) is 5.37. The van der Waals surface area contributed by atoms with Gasteiger partial charge in [0, 0.05) is 5.39 Å². The number of fused-ring (bicyclic) bond motifs is 1. The molecule has 0 spiro atoms. The van der Waals surface area contributed by atoms with Gasteiger partial charge in [0.1, 0.15) is 0 Å². The molecule has 0 heterocycles. The lowest BCUT2D eigenvalue weighted by atomic mass is 10.0. The molecular weight excluding hydrogens is 276 g/mol. The van der Waals surface area contributed by atoms with Crippen LogP contribution >= 0.6 is 0 Å². The quantitative estimate of drug-likeness (QED) is 0.482. The molecular formula is C19H24O3. The summed E-state index contributed by atoms with van der Waals surface area (Å²) in [5.74, 6) is 1.28. The van der Waals surface area contributed by atoms with E-state index >= 15 is 0 Å². The molecule has 2 aromatic carbocycles. The number of carbonyl (C=O) groups excluding carboxylic acids is 1. The van der Waals surface area contributed by atoms with Gasteiger partial charge in [0.25, 0.3) is 0 Å². The molecule has 0 aliphatic heterocycles. The molecule has 0 aliphatic rings. The third-order valence-corrected chi connectivity index (χ3v) is 3.60. The van der Waals surface area contributed by atoms with Crippen LogP contribution in [0.4, 0.5) is 0 Å². The van der Waals surface area contributed by atoms with Crippen molar-refractivity contribution in [2.45, 2.75) is 39.5 Å². The van der Waals surface area contributed by atoms with Crippen molar-refractivity contribution < 1.29 is 14.3 Å². The smallest absolute Gasteiger partial charge is 0.172 e. The third kappa shape index (κ3) is 3.79. The molecule has 22 heavy (non-hydrogen) atoms. The van der Waals surface area contributed by atoms with E-state index in [0.717, 1.165) is 42.7 Å². The maximum absolute atomic E-state index is 11.5. The molecule has 0 aliphatic carbocycles. The number of benzene rings is 2. The molecule has 0 bridgehead atoms. The van der Waals surface area contributed by atoms with Crippen LogP contribution in [0, 0.1) is 0 Å². The normalized spacial score (nSPS) is 10.6. The van der Waals surface area contributed by atoms with Crippen LogP contribution in [-0.4, -0.2) is 19.5 Å². The van der Waals surface area contributed by atoms with Crippen molar-refractivity contribution in [2.75, 3.05) is 13.2 Å². The van der Waals surface area contributed by atoms with Crippen molar-refractivity contribution in [3.05, 3.63) is 35.9 Å². The summed E-state index contributed by atoms with van der Waals surface area (Å²) in [5.41, 5.74) is 0.557. The highest BCUT2D eigenvalue weighted by atomic mass is 16.5. The molecule has 0 saturated carbocycles. The van der Waals surface area contributed by atoms with Gasteiger partial charge in [-0.1, -0.05) is 51.0 Å². The highest BCUT2D eigenvalue weighted by Gasteiger charge is 2.16. The van der Waals surface area contributed by atoms with E-state index in [9.17, 15) is 4.79 Å². The zero-order chi connectivity index (χ0) is 15.8. The summed E-state index contributed by atoms with van der Waals surface area (Å²) in [7, 11) is 0. The van der Waals surface area contributed by atoms with Crippen molar-refractivity contribution >= 4 is 17.1 Å². The molecule has 0 fully saturated rings. The summed E-state index contributed by atoms with van der Waals surface area (Å²) >= 11 is 0. The average Bonchev–Trinajstić information content (AvgIpc) is 2.56. The lowest BCUT2D eigenvalue weighted by molar-refractivity contribution is 0.111. The van der Waals surface area contributed by atoms with Gasteiger partial charge in [-0.3, -0.25) is 4.79 Å². The Balaban J connectivity index is 2.45. The first-order valence-corrected chi connectivity index (χ1v) is 8.08. The molecule has 0 N–H and O–H groups in total. The number of hydrogen-bond donors (Lipinski definition) is 0. The molecule has 0 atom stereocenters. The highest BCUT2D eigenvalue weighted by Crippen LogP contribution is 2.38. The Hall–Kier alpha value is -2.03. The number of ether oxygens (including phenoxy) is 2. The first kappa shape index (κ1) is 16.3. The molecule has 0 unspecified atom stereocenters. The van der Waals surface area contributed by atoms with Gasteiger partial charge >= 0.3 is 0 Å². The first-order chi connectivity index (χ1) is 10.8. The molecule has 118 valence electrons. The zero-order valence-electron chi connectivity index (χ0n) is 13.4. The summed E-state index contributed by atoms with van der Waals surface area (Å²) in [4.78, 5) is 11.5. The summed E-state index contributed by atoms with van der Waals surface area (Å²) in [5, 5.41) is 2.00. The van der Waals surface area contributed by atoms with Crippen LogP contribution in [0.5, 0.6) is 11.5 Å². The fourth-order valence-electron chi connectivity index (χ4n) is 2.33. The van der Waals surface area contributed by atoms with Crippen LogP contribution in [0.25, 0.3) is 10.8 Å². The SMILES string of the molecule is CCCCOc1c(C=O)cc2ccccc2c1OCCCC. The summed E-state index contributed by atoms with van der Waals surface area (Å²) in [6, 6.07) is 9.81. The Morgan fingerprint density at radius 2 is 1.59 bits per heavy atom. The van der Waals surface area contributed by atoms with E-state index in [1.165, 1.54) is 0 Å². The van der Waals surface area contributed by atoms with Gasteiger partial charge in [-0.05, 0) is 24.3 Å². The van der Waals surface area contributed by atoms with Gasteiger partial charge in [-0.15, -0.1) is 0 Å². The fourth-order valence-corrected chi connectivity index (χ4v) is 2.33. The van der Waals surface area contributed by atoms with Gasteiger partial charge < -0.3 is 9.47 Å². The maximum atomic E-state index is 11.5. The monoisotopic (exact) mass is 300 g/mol. The highest BCUT2D eigenvalue weighted by molar-refractivity contribution is 5.97. The minimum Gasteiger partial charge on any atom is -0.489 e. The van der Waals surface area contributed by atoms with Crippen LogP contribution in [0.15, 0.2) is 30.3 Å². The van der Waals surface area contributed by atoms with Crippen molar-refractivity contribution in [3.8, 4) is 11.5 Å². The van der Waals surface area contributed by atoms with Gasteiger partial charge in [0.05, 0.1) is 18.8 Å². The van der Waals surface area contributed by atoms with Crippen LogP contribution in [-0.2, 0) is 0 Å². The maximum Gasteiger partial charge on any atom is 0.172 e. The largest absolute Gasteiger partial charge is 0.489 e. The second-order valence-corrected chi connectivity index (χ2v) is 5.37. The number of unbranched alkanes of at least 4 members (excludes halogenated alkanes) is 2. The molecule has 2 aromatic rings. The molecule has 3 heteroatoms. The van der Waals surface area contributed by atoms with Gasteiger partial charge in [-0.25, -0.2) is 0 Å². The molecule has 0 amide bonds. The van der Waals surface area contributed by atoms with Crippen LogP contribution in [0.2, 0.25) is 0 Å². The van der Waals surface area contributed by atoms with E-state index in [-0.39, 0.29) is 0 Å². The van der Waals surface area contributed by atoms with E-state index in [1.807, 2.05) is 30.3 Å². The van der Waals surface area contributed by atoms with Gasteiger partial charge in [0.15, 0.2) is 17.8 Å². The van der Waals surface area contributed by atoms with Crippen LogP contribution in [0.3, 0.4) is 0 Å². The zero-order valence-corrected chi connectivity index (χ0v) is 13.4. The molecule has 0 radical (unpaired) electrons. The molecule has 3 nitrogen and oxygen atoms in total. The third-order valence-electron chi connectivity index (χ3n) is 3.60. The summed E-state index contributed by atoms with van der Waals surface area (Å²) < 4.78 is 11.9.